The lowest BCUT2D eigenvalue weighted by Gasteiger charge is -2.43. The molecule has 1 aromatic carbocycles. The van der Waals surface area contributed by atoms with Crippen LogP contribution in [0, 0.1) is 11.3 Å². The van der Waals surface area contributed by atoms with Crippen molar-refractivity contribution in [2.75, 3.05) is 19.6 Å². The van der Waals surface area contributed by atoms with Gasteiger partial charge in [0.05, 0.1) is 12.5 Å². The van der Waals surface area contributed by atoms with E-state index in [-0.39, 0.29) is 31.6 Å². The van der Waals surface area contributed by atoms with Crippen LogP contribution in [-0.2, 0) is 21.7 Å². The number of thiophene rings is 1. The monoisotopic (exact) mass is 398 g/mol. The summed E-state index contributed by atoms with van der Waals surface area (Å²) in [5.74, 6) is -0.501. The van der Waals surface area contributed by atoms with Gasteiger partial charge in [-0.15, -0.1) is 11.3 Å². The molecule has 4 rings (SSSR count). The maximum Gasteiger partial charge on any atom is 0.410 e. The topological polar surface area (TPSA) is 85.7 Å². The number of benzene rings is 1. The van der Waals surface area contributed by atoms with Crippen molar-refractivity contribution in [2.45, 2.75) is 19.1 Å². The summed E-state index contributed by atoms with van der Waals surface area (Å²) in [7, 11) is 0. The van der Waals surface area contributed by atoms with Crippen molar-refractivity contribution in [3.8, 4) is 0 Å². The van der Waals surface area contributed by atoms with Crippen molar-refractivity contribution in [1.29, 1.82) is 5.41 Å². The highest BCUT2D eigenvalue weighted by molar-refractivity contribution is 7.10. The molecule has 2 saturated heterocycles. The number of nitrogens with one attached hydrogen (secondary N) is 2. The van der Waals surface area contributed by atoms with E-state index in [4.69, 9.17) is 10.1 Å². The van der Waals surface area contributed by atoms with Gasteiger partial charge >= 0.3 is 6.09 Å². The van der Waals surface area contributed by atoms with E-state index in [0.29, 0.717) is 6.54 Å². The predicted octanol–water partition coefficient (Wildman–Crippen LogP) is 2.60. The average molecular weight is 398 g/mol. The predicted molar refractivity (Wildman–Crippen MR) is 106 cm³/mol. The Kier molecular flexibility index (Phi) is 4.80. The van der Waals surface area contributed by atoms with E-state index in [1.807, 2.05) is 54.8 Å². The first-order chi connectivity index (χ1) is 13.5. The number of rotatable bonds is 4. The molecule has 2 atom stereocenters. The van der Waals surface area contributed by atoms with Crippen LogP contribution in [-0.4, -0.2) is 47.4 Å². The van der Waals surface area contributed by atoms with Gasteiger partial charge < -0.3 is 15.0 Å². The summed E-state index contributed by atoms with van der Waals surface area (Å²) in [5, 5.41) is 13.5. The number of carbonyl (C=O) groups excluding carboxylic acids is 2. The highest BCUT2D eigenvalue weighted by Crippen LogP contribution is 2.42. The molecule has 0 saturated carbocycles. The number of likely N-dealkylation sites (tertiary alicyclic amines) is 1. The van der Waals surface area contributed by atoms with Crippen LogP contribution in [0.4, 0.5) is 4.79 Å². The standard InChI is InChI=1S/C20H22N4O3S/c1-2-24-17(25)15-11-23(19(26)27-12-14-7-4-3-5-8-14)13-20(15,22-18(24)21)16-9-6-10-28-16/h3-10,15H,2,11-13H2,1H3,(H2,21,22). The molecule has 0 radical (unpaired) electrons. The van der Waals surface area contributed by atoms with E-state index in [1.165, 1.54) is 16.2 Å². The number of carbonyl (C=O) groups is 2. The van der Waals surface area contributed by atoms with Crippen LogP contribution in [0.1, 0.15) is 17.4 Å². The Bertz CT molecular complexity index is 886. The third-order valence-corrected chi connectivity index (χ3v) is 6.40. The van der Waals surface area contributed by atoms with Crippen molar-refractivity contribution >= 4 is 29.3 Å². The second-order valence-electron chi connectivity index (χ2n) is 6.98. The van der Waals surface area contributed by atoms with Crippen LogP contribution >= 0.6 is 11.3 Å². The quantitative estimate of drug-likeness (QED) is 0.829. The number of guanidine groups is 1. The van der Waals surface area contributed by atoms with E-state index < -0.39 is 17.6 Å². The second kappa shape index (κ2) is 7.27. The third-order valence-electron chi connectivity index (χ3n) is 5.35. The average Bonchev–Trinajstić information content (AvgIpc) is 3.36. The summed E-state index contributed by atoms with van der Waals surface area (Å²) in [6, 6.07) is 13.4. The summed E-state index contributed by atoms with van der Waals surface area (Å²) in [6.45, 7) is 3.00. The molecular weight excluding hydrogens is 376 g/mol. The molecule has 2 amide bonds. The van der Waals surface area contributed by atoms with E-state index in [2.05, 4.69) is 5.32 Å². The molecule has 2 fully saturated rings. The maximum atomic E-state index is 13.1. The Morgan fingerprint density at radius 1 is 1.32 bits per heavy atom. The fraction of sp³-hybridized carbons (Fsp3) is 0.350. The molecule has 2 N–H and O–H groups in total. The molecule has 0 aliphatic carbocycles. The lowest BCUT2D eigenvalue weighted by Crippen LogP contribution is -2.65. The fourth-order valence-electron chi connectivity index (χ4n) is 3.95. The minimum atomic E-state index is -0.778. The normalized spacial score (nSPS) is 24.1. The molecule has 146 valence electrons. The second-order valence-corrected chi connectivity index (χ2v) is 7.93. The molecule has 2 aromatic rings. The van der Waals surface area contributed by atoms with Crippen LogP contribution in [0.2, 0.25) is 0 Å². The van der Waals surface area contributed by atoms with Crippen LogP contribution in [0.25, 0.3) is 0 Å². The van der Waals surface area contributed by atoms with Gasteiger partial charge in [-0.2, -0.15) is 0 Å². The van der Waals surface area contributed by atoms with Gasteiger partial charge in [0.15, 0.2) is 5.96 Å². The molecule has 3 heterocycles. The Labute approximate surface area is 167 Å². The molecule has 0 bridgehead atoms. The van der Waals surface area contributed by atoms with Gasteiger partial charge in [0.1, 0.15) is 12.1 Å². The lowest BCUT2D eigenvalue weighted by atomic mass is 9.82. The van der Waals surface area contributed by atoms with Gasteiger partial charge in [0.25, 0.3) is 0 Å². The van der Waals surface area contributed by atoms with E-state index >= 15 is 0 Å². The van der Waals surface area contributed by atoms with E-state index in [0.717, 1.165) is 10.4 Å². The number of fused-ring (bicyclic) bond motifs is 1. The summed E-state index contributed by atoms with van der Waals surface area (Å²) < 4.78 is 5.48. The van der Waals surface area contributed by atoms with Gasteiger partial charge in [0.2, 0.25) is 5.91 Å². The van der Waals surface area contributed by atoms with Crippen molar-refractivity contribution in [1.82, 2.24) is 15.1 Å². The zero-order chi connectivity index (χ0) is 19.7. The zero-order valence-corrected chi connectivity index (χ0v) is 16.4. The molecular formula is C20H22N4O3S. The molecule has 2 unspecified atom stereocenters. The first kappa shape index (κ1) is 18.5. The lowest BCUT2D eigenvalue weighted by molar-refractivity contribution is -0.135. The van der Waals surface area contributed by atoms with Gasteiger partial charge in [-0.05, 0) is 23.9 Å². The molecule has 2 aliphatic rings. The van der Waals surface area contributed by atoms with Gasteiger partial charge in [-0.25, -0.2) is 4.79 Å². The Morgan fingerprint density at radius 2 is 2.11 bits per heavy atom. The molecule has 1 aromatic heterocycles. The zero-order valence-electron chi connectivity index (χ0n) is 15.6. The summed E-state index contributed by atoms with van der Waals surface area (Å²) >= 11 is 1.52. The highest BCUT2D eigenvalue weighted by Gasteiger charge is 2.58. The SMILES string of the molecule is CCN1C(=N)NC2(c3cccs3)CN(C(=O)OCc3ccccc3)CC2C1=O. The number of amides is 2. The summed E-state index contributed by atoms with van der Waals surface area (Å²) in [4.78, 5) is 29.7. The summed E-state index contributed by atoms with van der Waals surface area (Å²) in [5.41, 5.74) is 0.133. The number of ether oxygens (including phenoxy) is 1. The van der Waals surface area contributed by atoms with Crippen molar-refractivity contribution < 1.29 is 14.3 Å². The van der Waals surface area contributed by atoms with Crippen LogP contribution in [0.15, 0.2) is 47.8 Å². The van der Waals surface area contributed by atoms with Crippen LogP contribution in [0.3, 0.4) is 0 Å². The Morgan fingerprint density at radius 3 is 2.79 bits per heavy atom. The molecule has 2 aliphatic heterocycles. The van der Waals surface area contributed by atoms with Gasteiger partial charge in [-0.3, -0.25) is 15.1 Å². The minimum absolute atomic E-state index is 0.0802. The Balaban J connectivity index is 1.57. The Hall–Kier alpha value is -2.87. The van der Waals surface area contributed by atoms with Crippen LogP contribution in [0.5, 0.6) is 0 Å². The minimum Gasteiger partial charge on any atom is -0.445 e. The maximum absolute atomic E-state index is 13.1. The molecule has 7 nitrogen and oxygen atoms in total. The van der Waals surface area contributed by atoms with Gasteiger partial charge in [0, 0.05) is 18.0 Å². The van der Waals surface area contributed by atoms with E-state index in [9.17, 15) is 9.59 Å². The van der Waals surface area contributed by atoms with Crippen LogP contribution < -0.4 is 5.32 Å². The van der Waals surface area contributed by atoms with Crippen molar-refractivity contribution in [3.63, 3.8) is 0 Å². The smallest absolute Gasteiger partial charge is 0.410 e. The molecule has 8 heteroatoms. The molecule has 28 heavy (non-hydrogen) atoms. The fourth-order valence-corrected chi connectivity index (χ4v) is 4.88. The summed E-state index contributed by atoms with van der Waals surface area (Å²) in [6.07, 6.45) is -0.446. The number of hydrogen-bond donors (Lipinski definition) is 2. The highest BCUT2D eigenvalue weighted by atomic mass is 32.1. The third kappa shape index (κ3) is 3.03. The van der Waals surface area contributed by atoms with Crippen molar-refractivity contribution in [3.05, 3.63) is 58.3 Å². The van der Waals surface area contributed by atoms with E-state index in [1.54, 1.807) is 4.90 Å². The first-order valence-electron chi connectivity index (χ1n) is 9.23. The molecule has 0 spiro atoms. The van der Waals surface area contributed by atoms with Gasteiger partial charge in [-0.1, -0.05) is 36.4 Å². The number of nitrogens with zero attached hydrogens (tertiary/aromatic N) is 2. The number of hydrogen-bond acceptors (Lipinski definition) is 5. The first-order valence-corrected chi connectivity index (χ1v) is 10.1. The largest absolute Gasteiger partial charge is 0.445 e. The van der Waals surface area contributed by atoms with Crippen molar-refractivity contribution in [2.24, 2.45) is 5.92 Å².